The minimum absolute atomic E-state index is 0.0296. The molecule has 0 aliphatic carbocycles. The van der Waals surface area contributed by atoms with E-state index in [2.05, 4.69) is 26.9 Å². The zero-order valence-electron chi connectivity index (χ0n) is 14.4. The molecule has 1 aromatic heterocycles. The molecule has 2 aromatic rings. The summed E-state index contributed by atoms with van der Waals surface area (Å²) in [5.41, 5.74) is 2.89. The predicted octanol–water partition coefficient (Wildman–Crippen LogP) is 2.67. The largest absolute Gasteiger partial charge is 0.351 e. The van der Waals surface area contributed by atoms with Gasteiger partial charge >= 0.3 is 0 Å². The van der Waals surface area contributed by atoms with Crippen molar-refractivity contribution in [2.45, 2.75) is 57.5 Å². The lowest BCUT2D eigenvalue weighted by atomic mass is 10.1. The number of nitrogens with one attached hydrogen (secondary N) is 1. The lowest BCUT2D eigenvalue weighted by Crippen LogP contribution is -2.44. The molecule has 124 valence electrons. The van der Waals surface area contributed by atoms with E-state index in [0.29, 0.717) is 5.16 Å². The van der Waals surface area contributed by atoms with Gasteiger partial charge in [0, 0.05) is 5.54 Å². The number of carbonyl (C=O) groups excluding carboxylic acids is 1. The van der Waals surface area contributed by atoms with Gasteiger partial charge in [-0.1, -0.05) is 23.9 Å². The predicted molar refractivity (Wildman–Crippen MR) is 91.8 cm³/mol. The van der Waals surface area contributed by atoms with Crippen LogP contribution in [0.25, 0.3) is 5.69 Å². The van der Waals surface area contributed by atoms with Crippen molar-refractivity contribution in [3.63, 3.8) is 0 Å². The normalized spacial score (nSPS) is 13.0. The molecule has 0 aliphatic heterocycles. The molecule has 1 heterocycles. The number of nitrogens with zero attached hydrogens (tertiary/aromatic N) is 4. The molecular formula is C16H23N5OS. The average molecular weight is 333 g/mol. The summed E-state index contributed by atoms with van der Waals surface area (Å²) >= 11 is 1.35. The molecule has 1 atom stereocenters. The molecule has 0 saturated heterocycles. The first-order valence-corrected chi connectivity index (χ1v) is 8.40. The van der Waals surface area contributed by atoms with Gasteiger partial charge in [0.05, 0.1) is 10.9 Å². The van der Waals surface area contributed by atoms with E-state index < -0.39 is 0 Å². The molecule has 0 saturated carbocycles. The molecule has 1 amide bonds. The highest BCUT2D eigenvalue weighted by Crippen LogP contribution is 2.25. The Bertz CT molecular complexity index is 705. The van der Waals surface area contributed by atoms with Crippen molar-refractivity contribution in [2.24, 2.45) is 0 Å². The Balaban J connectivity index is 2.22. The number of hydrogen-bond acceptors (Lipinski definition) is 5. The van der Waals surface area contributed by atoms with Gasteiger partial charge in [0.1, 0.15) is 0 Å². The van der Waals surface area contributed by atoms with Crippen LogP contribution in [0.4, 0.5) is 0 Å². The summed E-state index contributed by atoms with van der Waals surface area (Å²) in [6.45, 7) is 11.8. The highest BCUT2D eigenvalue weighted by molar-refractivity contribution is 8.00. The molecule has 0 radical (unpaired) electrons. The van der Waals surface area contributed by atoms with Crippen LogP contribution in [0.2, 0.25) is 0 Å². The van der Waals surface area contributed by atoms with Crippen molar-refractivity contribution < 1.29 is 4.79 Å². The molecule has 1 N–H and O–H groups in total. The number of hydrogen-bond donors (Lipinski definition) is 1. The smallest absolute Gasteiger partial charge is 0.233 e. The number of thioether (sulfide) groups is 1. The first-order chi connectivity index (χ1) is 10.7. The molecule has 0 unspecified atom stereocenters. The Hall–Kier alpha value is -1.89. The molecule has 0 fully saturated rings. The van der Waals surface area contributed by atoms with Crippen molar-refractivity contribution in [3.8, 4) is 5.69 Å². The number of benzene rings is 1. The Morgan fingerprint density at radius 1 is 1.30 bits per heavy atom. The standard InChI is InChI=1S/C16H23N5OS/c1-10-7-8-11(2)13(9-10)21-15(18-19-20-21)23-12(3)14(22)17-16(4,5)6/h7-9,12H,1-6H3,(H,17,22)/t12-/m1/s1. The zero-order valence-corrected chi connectivity index (χ0v) is 15.2. The second-order valence-corrected chi connectivity index (χ2v) is 7.97. The monoisotopic (exact) mass is 333 g/mol. The van der Waals surface area contributed by atoms with Gasteiger partial charge in [-0.2, -0.15) is 4.68 Å². The number of tetrazole rings is 1. The molecular weight excluding hydrogens is 310 g/mol. The Labute approximate surface area is 141 Å². The van der Waals surface area contributed by atoms with Gasteiger partial charge in [-0.3, -0.25) is 4.79 Å². The maximum absolute atomic E-state index is 12.2. The third-order valence-electron chi connectivity index (χ3n) is 3.18. The van der Waals surface area contributed by atoms with E-state index >= 15 is 0 Å². The van der Waals surface area contributed by atoms with Crippen LogP contribution >= 0.6 is 11.8 Å². The summed E-state index contributed by atoms with van der Waals surface area (Å²) in [7, 11) is 0. The Kier molecular flexibility index (Phi) is 5.09. The van der Waals surface area contributed by atoms with Crippen molar-refractivity contribution in [1.82, 2.24) is 25.5 Å². The van der Waals surface area contributed by atoms with Gasteiger partial charge < -0.3 is 5.32 Å². The van der Waals surface area contributed by atoms with Crippen LogP contribution in [0, 0.1) is 13.8 Å². The fourth-order valence-electron chi connectivity index (χ4n) is 2.03. The van der Waals surface area contributed by atoms with E-state index in [4.69, 9.17) is 0 Å². The first-order valence-electron chi connectivity index (χ1n) is 7.52. The molecule has 1 aromatic carbocycles. The number of aromatic nitrogens is 4. The summed E-state index contributed by atoms with van der Waals surface area (Å²) in [6, 6.07) is 6.13. The fourth-order valence-corrected chi connectivity index (χ4v) is 2.83. The van der Waals surface area contributed by atoms with Crippen molar-refractivity contribution in [1.29, 1.82) is 0 Å². The van der Waals surface area contributed by atoms with E-state index in [1.807, 2.05) is 53.7 Å². The van der Waals surface area contributed by atoms with Crippen LogP contribution < -0.4 is 5.32 Å². The van der Waals surface area contributed by atoms with Crippen LogP contribution in [0.15, 0.2) is 23.4 Å². The van der Waals surface area contributed by atoms with Gasteiger partial charge in [-0.25, -0.2) is 0 Å². The fraction of sp³-hybridized carbons (Fsp3) is 0.500. The molecule has 7 heteroatoms. The van der Waals surface area contributed by atoms with Crippen LogP contribution in [0.1, 0.15) is 38.8 Å². The van der Waals surface area contributed by atoms with Gasteiger partial charge in [0.25, 0.3) is 0 Å². The SMILES string of the molecule is Cc1ccc(C)c(-n2nnnc2S[C@H](C)C(=O)NC(C)(C)C)c1. The van der Waals surface area contributed by atoms with E-state index in [0.717, 1.165) is 16.8 Å². The van der Waals surface area contributed by atoms with Crippen LogP contribution in [0.5, 0.6) is 0 Å². The Morgan fingerprint density at radius 3 is 2.65 bits per heavy atom. The number of carbonyl (C=O) groups is 1. The van der Waals surface area contributed by atoms with Gasteiger partial charge in [-0.15, -0.1) is 5.10 Å². The topological polar surface area (TPSA) is 72.7 Å². The van der Waals surface area contributed by atoms with E-state index in [1.54, 1.807) is 4.68 Å². The third kappa shape index (κ3) is 4.54. The lowest BCUT2D eigenvalue weighted by molar-refractivity contribution is -0.121. The van der Waals surface area contributed by atoms with Gasteiger partial charge in [-0.05, 0) is 69.2 Å². The minimum atomic E-state index is -0.288. The molecule has 0 aliphatic rings. The summed E-state index contributed by atoms with van der Waals surface area (Å²) in [6.07, 6.45) is 0. The van der Waals surface area contributed by atoms with E-state index in [-0.39, 0.29) is 16.7 Å². The highest BCUT2D eigenvalue weighted by atomic mass is 32.2. The lowest BCUT2D eigenvalue weighted by Gasteiger charge is -2.22. The third-order valence-corrected chi connectivity index (χ3v) is 4.22. The van der Waals surface area contributed by atoms with E-state index in [1.165, 1.54) is 11.8 Å². The number of aryl methyl sites for hydroxylation is 2. The van der Waals surface area contributed by atoms with Crippen LogP contribution in [0.3, 0.4) is 0 Å². The van der Waals surface area contributed by atoms with Crippen LogP contribution in [-0.4, -0.2) is 36.9 Å². The Morgan fingerprint density at radius 2 is 2.00 bits per heavy atom. The molecule has 23 heavy (non-hydrogen) atoms. The molecule has 0 bridgehead atoms. The van der Waals surface area contributed by atoms with E-state index in [9.17, 15) is 4.79 Å². The second-order valence-electron chi connectivity index (χ2n) is 6.66. The summed E-state index contributed by atoms with van der Waals surface area (Å²) in [5, 5.41) is 15.2. The van der Waals surface area contributed by atoms with Crippen molar-refractivity contribution in [2.75, 3.05) is 0 Å². The maximum atomic E-state index is 12.2. The molecule has 0 spiro atoms. The molecule has 6 nitrogen and oxygen atoms in total. The zero-order chi connectivity index (χ0) is 17.2. The van der Waals surface area contributed by atoms with Crippen LogP contribution in [-0.2, 0) is 4.79 Å². The summed E-state index contributed by atoms with van der Waals surface area (Å²) < 4.78 is 1.69. The van der Waals surface area contributed by atoms with Crippen molar-refractivity contribution in [3.05, 3.63) is 29.3 Å². The van der Waals surface area contributed by atoms with Gasteiger partial charge in [0.15, 0.2) is 0 Å². The van der Waals surface area contributed by atoms with Gasteiger partial charge in [0.2, 0.25) is 11.1 Å². The summed E-state index contributed by atoms with van der Waals surface area (Å²) in [5.74, 6) is -0.0296. The first kappa shape index (κ1) is 17.5. The minimum Gasteiger partial charge on any atom is -0.351 e. The average Bonchev–Trinajstić information content (AvgIpc) is 2.87. The quantitative estimate of drug-likeness (QED) is 0.871. The maximum Gasteiger partial charge on any atom is 0.233 e. The summed E-state index contributed by atoms with van der Waals surface area (Å²) in [4.78, 5) is 12.2. The van der Waals surface area contributed by atoms with Crippen molar-refractivity contribution >= 4 is 17.7 Å². The highest BCUT2D eigenvalue weighted by Gasteiger charge is 2.23. The second kappa shape index (κ2) is 6.70. The number of amides is 1. The number of rotatable bonds is 4. The molecule has 2 rings (SSSR count).